The third-order valence-electron chi connectivity index (χ3n) is 5.23. The van der Waals surface area contributed by atoms with Gasteiger partial charge in [-0.25, -0.2) is 13.4 Å². The third-order valence-corrected chi connectivity index (χ3v) is 8.20. The quantitative estimate of drug-likeness (QED) is 0.506. The van der Waals surface area contributed by atoms with E-state index in [0.717, 1.165) is 12.8 Å². The molecular weight excluding hydrogens is 410 g/mol. The summed E-state index contributed by atoms with van der Waals surface area (Å²) >= 11 is 1.31. The van der Waals surface area contributed by atoms with Crippen LogP contribution >= 0.6 is 11.3 Å². The minimum atomic E-state index is -3.28. The van der Waals surface area contributed by atoms with E-state index in [1.807, 2.05) is 0 Å². The summed E-state index contributed by atoms with van der Waals surface area (Å²) in [6.07, 6.45) is 7.65. The molecule has 154 valence electrons. The van der Waals surface area contributed by atoms with Gasteiger partial charge in [0, 0.05) is 17.1 Å². The average Bonchev–Trinajstić information content (AvgIpc) is 3.23. The van der Waals surface area contributed by atoms with Crippen molar-refractivity contribution >= 4 is 37.9 Å². The summed E-state index contributed by atoms with van der Waals surface area (Å²) in [5.74, 6) is 0.0252. The Kier molecular flexibility index (Phi) is 5.96. The second kappa shape index (κ2) is 8.62. The van der Waals surface area contributed by atoms with Gasteiger partial charge in [0.25, 0.3) is 5.91 Å². The van der Waals surface area contributed by atoms with Gasteiger partial charge in [0.05, 0.1) is 10.1 Å². The van der Waals surface area contributed by atoms with Gasteiger partial charge in [-0.1, -0.05) is 30.1 Å². The lowest BCUT2D eigenvalue weighted by molar-refractivity contribution is -0.110. The molecule has 0 spiro atoms. The van der Waals surface area contributed by atoms with Crippen molar-refractivity contribution in [2.24, 2.45) is 11.1 Å². The number of oxime groups is 1. The van der Waals surface area contributed by atoms with E-state index in [9.17, 15) is 13.2 Å². The molecule has 1 N–H and O–H groups in total. The number of hydrogen-bond donors (Lipinski definition) is 1. The fourth-order valence-corrected chi connectivity index (χ4v) is 5.61. The van der Waals surface area contributed by atoms with Gasteiger partial charge >= 0.3 is 0 Å². The summed E-state index contributed by atoms with van der Waals surface area (Å²) in [6.45, 7) is 0.474. The highest BCUT2D eigenvalue weighted by atomic mass is 32.2. The summed E-state index contributed by atoms with van der Waals surface area (Å²) in [5, 5.41) is 8.78. The number of hydrogen-bond acceptors (Lipinski definition) is 7. The Morgan fingerprint density at radius 3 is 2.52 bits per heavy atom. The summed E-state index contributed by atoms with van der Waals surface area (Å²) in [6, 6.07) is 6.28. The number of thiazole rings is 1. The Bertz CT molecular complexity index is 975. The SMILES string of the molecule is O=C(Nc1nccs1)/C(=N/OCC1CCCC1)c1ccc(S(=O)(=O)C2CC2)cc1. The lowest BCUT2D eigenvalue weighted by Gasteiger charge is -2.10. The number of rotatable bonds is 8. The van der Waals surface area contributed by atoms with Crippen LogP contribution in [0.5, 0.6) is 0 Å². The van der Waals surface area contributed by atoms with Crippen molar-refractivity contribution in [2.45, 2.75) is 48.7 Å². The minimum Gasteiger partial charge on any atom is -0.395 e. The van der Waals surface area contributed by atoms with Gasteiger partial charge < -0.3 is 4.84 Å². The standard InChI is InChI=1S/C20H23N3O4S2/c24-19(22-20-21-11-12-28-20)18(23-27-13-14-3-1-2-4-14)15-5-7-16(8-6-15)29(25,26)17-9-10-17/h5-8,11-12,14,17H,1-4,9-10,13H2,(H,21,22,24)/b23-18+. The molecule has 2 saturated carbocycles. The summed E-state index contributed by atoms with van der Waals surface area (Å²) in [5.41, 5.74) is 0.605. The van der Waals surface area contributed by atoms with Gasteiger partial charge in [0.1, 0.15) is 6.61 Å². The molecule has 0 bridgehead atoms. The topological polar surface area (TPSA) is 97.7 Å². The first-order chi connectivity index (χ1) is 14.0. The molecule has 0 aliphatic heterocycles. The predicted molar refractivity (Wildman–Crippen MR) is 112 cm³/mol. The number of sulfone groups is 1. The molecule has 9 heteroatoms. The highest BCUT2D eigenvalue weighted by Gasteiger charge is 2.36. The Hall–Kier alpha value is -2.26. The van der Waals surface area contributed by atoms with Gasteiger partial charge in [0.2, 0.25) is 0 Å². The van der Waals surface area contributed by atoms with Crippen LogP contribution in [0.2, 0.25) is 0 Å². The highest BCUT2D eigenvalue weighted by Crippen LogP contribution is 2.33. The van der Waals surface area contributed by atoms with E-state index < -0.39 is 15.7 Å². The smallest absolute Gasteiger partial charge is 0.280 e. The van der Waals surface area contributed by atoms with Crippen LogP contribution in [0.25, 0.3) is 0 Å². The molecule has 7 nitrogen and oxygen atoms in total. The van der Waals surface area contributed by atoms with E-state index in [4.69, 9.17) is 4.84 Å². The molecule has 0 saturated heterocycles. The average molecular weight is 434 g/mol. The fourth-order valence-electron chi connectivity index (χ4n) is 3.42. The maximum atomic E-state index is 12.8. The third kappa shape index (κ3) is 4.84. The zero-order valence-electron chi connectivity index (χ0n) is 15.9. The summed E-state index contributed by atoms with van der Waals surface area (Å²) < 4.78 is 24.8. The van der Waals surface area contributed by atoms with Crippen molar-refractivity contribution in [3.05, 3.63) is 41.4 Å². The molecule has 29 heavy (non-hydrogen) atoms. The molecule has 1 heterocycles. The van der Waals surface area contributed by atoms with Crippen LogP contribution < -0.4 is 5.32 Å². The Morgan fingerprint density at radius 1 is 1.17 bits per heavy atom. The zero-order valence-corrected chi connectivity index (χ0v) is 17.5. The number of carbonyl (C=O) groups excluding carboxylic acids is 1. The van der Waals surface area contributed by atoms with Gasteiger partial charge in [-0.15, -0.1) is 11.3 Å². The van der Waals surface area contributed by atoms with Crippen LogP contribution in [0.4, 0.5) is 5.13 Å². The van der Waals surface area contributed by atoms with Crippen molar-refractivity contribution in [1.29, 1.82) is 0 Å². The van der Waals surface area contributed by atoms with Crippen molar-refractivity contribution < 1.29 is 18.0 Å². The van der Waals surface area contributed by atoms with Crippen LogP contribution in [0.1, 0.15) is 44.1 Å². The molecule has 2 aromatic rings. The van der Waals surface area contributed by atoms with Crippen molar-refractivity contribution in [3.63, 3.8) is 0 Å². The van der Waals surface area contributed by atoms with Crippen molar-refractivity contribution in [2.75, 3.05) is 11.9 Å². The molecule has 0 atom stereocenters. The molecule has 2 fully saturated rings. The normalized spacial score (nSPS) is 18.0. The summed E-state index contributed by atoms with van der Waals surface area (Å²) in [7, 11) is -3.28. The van der Waals surface area contributed by atoms with E-state index in [0.29, 0.717) is 36.1 Å². The lowest BCUT2D eigenvalue weighted by Crippen LogP contribution is -2.24. The molecule has 1 aromatic heterocycles. The first-order valence-corrected chi connectivity index (χ1v) is 12.2. The van der Waals surface area contributed by atoms with Gasteiger partial charge in [-0.2, -0.15) is 0 Å². The lowest BCUT2D eigenvalue weighted by atomic mass is 10.1. The summed E-state index contributed by atoms with van der Waals surface area (Å²) in [4.78, 5) is 22.6. The first kappa shape index (κ1) is 20.0. The molecule has 4 rings (SSSR count). The van der Waals surface area contributed by atoms with Gasteiger partial charge in [0.15, 0.2) is 20.7 Å². The van der Waals surface area contributed by atoms with Gasteiger partial charge in [-0.05, 0) is 43.7 Å². The maximum absolute atomic E-state index is 12.8. The Morgan fingerprint density at radius 2 is 1.90 bits per heavy atom. The van der Waals surface area contributed by atoms with E-state index in [2.05, 4.69) is 15.5 Å². The van der Waals surface area contributed by atoms with E-state index in [1.165, 1.54) is 36.3 Å². The molecule has 2 aliphatic carbocycles. The second-order valence-corrected chi connectivity index (χ2v) is 10.6. The van der Waals surface area contributed by atoms with Crippen LogP contribution in [0.15, 0.2) is 45.9 Å². The largest absolute Gasteiger partial charge is 0.395 e. The number of amides is 1. The van der Waals surface area contributed by atoms with Crippen LogP contribution in [0.3, 0.4) is 0 Å². The van der Waals surface area contributed by atoms with Crippen LogP contribution in [-0.4, -0.2) is 36.9 Å². The van der Waals surface area contributed by atoms with Crippen molar-refractivity contribution in [1.82, 2.24) is 4.98 Å². The van der Waals surface area contributed by atoms with E-state index >= 15 is 0 Å². The molecule has 1 aromatic carbocycles. The Balaban J connectivity index is 1.53. The number of aromatic nitrogens is 1. The zero-order chi connectivity index (χ0) is 20.3. The van der Waals surface area contributed by atoms with Gasteiger partial charge in [-0.3, -0.25) is 10.1 Å². The monoisotopic (exact) mass is 433 g/mol. The molecular formula is C20H23N3O4S2. The van der Waals surface area contributed by atoms with Crippen LogP contribution in [-0.2, 0) is 19.5 Å². The molecule has 0 unspecified atom stereocenters. The maximum Gasteiger partial charge on any atom is 0.280 e. The number of benzene rings is 1. The van der Waals surface area contributed by atoms with Crippen molar-refractivity contribution in [3.8, 4) is 0 Å². The molecule has 2 aliphatic rings. The predicted octanol–water partition coefficient (Wildman–Crippen LogP) is 3.63. The number of nitrogens with one attached hydrogen (secondary N) is 1. The molecule has 1 amide bonds. The second-order valence-electron chi connectivity index (χ2n) is 7.45. The van der Waals surface area contributed by atoms with E-state index in [-0.39, 0.29) is 15.9 Å². The number of anilines is 1. The number of carbonyl (C=O) groups is 1. The molecule has 0 radical (unpaired) electrons. The Labute approximate surface area is 174 Å². The number of nitrogens with zero attached hydrogens (tertiary/aromatic N) is 2. The van der Waals surface area contributed by atoms with Crippen LogP contribution in [0, 0.1) is 5.92 Å². The van der Waals surface area contributed by atoms with E-state index in [1.54, 1.807) is 23.7 Å². The minimum absolute atomic E-state index is 0.105. The fraction of sp³-hybridized carbons (Fsp3) is 0.450. The first-order valence-electron chi connectivity index (χ1n) is 9.79. The highest BCUT2D eigenvalue weighted by molar-refractivity contribution is 7.92.